The van der Waals surface area contributed by atoms with Gasteiger partial charge in [0.25, 0.3) is 0 Å². The molecule has 5 rings (SSSR count). The number of benzene rings is 1. The van der Waals surface area contributed by atoms with Crippen molar-refractivity contribution in [1.29, 1.82) is 0 Å². The third-order valence-corrected chi connectivity index (χ3v) is 6.48. The van der Waals surface area contributed by atoms with Crippen LogP contribution in [0.4, 0.5) is 0 Å². The molecule has 0 amide bonds. The van der Waals surface area contributed by atoms with Gasteiger partial charge in [-0.2, -0.15) is 0 Å². The lowest BCUT2D eigenvalue weighted by Crippen LogP contribution is -2.16. The molecule has 1 aliphatic rings. The van der Waals surface area contributed by atoms with Crippen LogP contribution in [-0.2, 0) is 17.0 Å². The lowest BCUT2D eigenvalue weighted by Gasteiger charge is -2.14. The molecule has 0 bridgehead atoms. The lowest BCUT2D eigenvalue weighted by molar-refractivity contribution is 0.0953. The maximum absolute atomic E-state index is 5.91. The first-order chi connectivity index (χ1) is 14.2. The van der Waals surface area contributed by atoms with Crippen molar-refractivity contribution in [1.82, 2.24) is 24.9 Å². The van der Waals surface area contributed by atoms with Gasteiger partial charge in [0.05, 0.1) is 18.3 Å². The van der Waals surface area contributed by atoms with Gasteiger partial charge in [0.2, 0.25) is 0 Å². The molecule has 8 heteroatoms. The molecule has 0 saturated carbocycles. The zero-order chi connectivity index (χ0) is 19.8. The molecule has 1 aromatic carbocycles. The van der Waals surface area contributed by atoms with Crippen molar-refractivity contribution >= 4 is 22.7 Å². The van der Waals surface area contributed by atoms with Crippen LogP contribution in [-0.4, -0.2) is 37.6 Å². The minimum Gasteiger partial charge on any atom is -0.376 e. The van der Waals surface area contributed by atoms with Gasteiger partial charge in [0.15, 0.2) is 11.0 Å². The first kappa shape index (κ1) is 18.4. The van der Waals surface area contributed by atoms with Gasteiger partial charge < -0.3 is 14.2 Å². The summed E-state index contributed by atoms with van der Waals surface area (Å²) in [5.74, 6) is 2.48. The summed E-state index contributed by atoms with van der Waals surface area (Å²) in [6.07, 6.45) is 4.40. The van der Waals surface area contributed by atoms with Crippen molar-refractivity contribution in [2.24, 2.45) is 0 Å². The van der Waals surface area contributed by atoms with Gasteiger partial charge in [-0.05, 0) is 32.8 Å². The number of ether oxygens (including phenoxy) is 1. The van der Waals surface area contributed by atoms with Crippen molar-refractivity contribution in [2.75, 3.05) is 6.61 Å². The molecule has 4 aromatic rings. The number of fused-ring (bicyclic) bond motifs is 1. The van der Waals surface area contributed by atoms with Crippen molar-refractivity contribution in [3.8, 4) is 11.4 Å². The van der Waals surface area contributed by atoms with Crippen LogP contribution in [0.5, 0.6) is 0 Å². The van der Waals surface area contributed by atoms with Crippen LogP contribution in [0.1, 0.15) is 29.9 Å². The Hall–Kier alpha value is -2.58. The number of aromatic nitrogens is 5. The second-order valence-corrected chi connectivity index (χ2v) is 8.33. The molecule has 29 heavy (non-hydrogen) atoms. The fraction of sp³-hybridized carbons (Fsp3) is 0.381. The number of H-pyrrole nitrogens is 1. The number of thioether (sulfide) groups is 1. The maximum atomic E-state index is 5.91. The maximum Gasteiger partial charge on any atom is 0.191 e. The van der Waals surface area contributed by atoms with Crippen LogP contribution in [0.3, 0.4) is 0 Å². The molecule has 1 unspecified atom stereocenters. The summed E-state index contributed by atoms with van der Waals surface area (Å²) in [5, 5.41) is 15.2. The van der Waals surface area contributed by atoms with Gasteiger partial charge in [-0.25, -0.2) is 0 Å². The van der Waals surface area contributed by atoms with E-state index in [2.05, 4.69) is 37.0 Å². The topological polar surface area (TPSA) is 81.8 Å². The minimum atomic E-state index is 0.202. The van der Waals surface area contributed by atoms with Crippen molar-refractivity contribution < 1.29 is 9.26 Å². The number of hydrogen-bond acceptors (Lipinski definition) is 6. The summed E-state index contributed by atoms with van der Waals surface area (Å²) < 4.78 is 13.4. The average Bonchev–Trinajstić information content (AvgIpc) is 3.50. The van der Waals surface area contributed by atoms with E-state index in [1.807, 2.05) is 32.2 Å². The molecular formula is C21H23N5O2S. The molecule has 0 radical (unpaired) electrons. The van der Waals surface area contributed by atoms with Crippen LogP contribution < -0.4 is 0 Å². The third-order valence-electron chi connectivity index (χ3n) is 5.48. The van der Waals surface area contributed by atoms with Crippen LogP contribution >= 0.6 is 11.8 Å². The molecule has 1 saturated heterocycles. The summed E-state index contributed by atoms with van der Waals surface area (Å²) in [7, 11) is 0. The molecule has 7 nitrogen and oxygen atoms in total. The number of rotatable bonds is 6. The number of nitrogens with zero attached hydrogens (tertiary/aromatic N) is 4. The number of aryl methyl sites for hydroxylation is 2. The Morgan fingerprint density at radius 1 is 1.24 bits per heavy atom. The Kier molecular flexibility index (Phi) is 4.89. The number of aromatic amines is 1. The SMILES string of the molecule is Cc1noc(C)c1CSc1nnc(-c2c[nH]c3ccccc23)n1CC1CCCO1. The van der Waals surface area contributed by atoms with E-state index in [0.717, 1.165) is 76.2 Å². The Morgan fingerprint density at radius 2 is 2.14 bits per heavy atom. The summed E-state index contributed by atoms with van der Waals surface area (Å²) >= 11 is 1.66. The monoisotopic (exact) mass is 409 g/mol. The molecule has 1 fully saturated rings. The van der Waals surface area contributed by atoms with E-state index >= 15 is 0 Å². The van der Waals surface area contributed by atoms with Crippen molar-refractivity contribution in [3.05, 3.63) is 47.5 Å². The Balaban J connectivity index is 1.51. The normalized spacial score (nSPS) is 16.8. The summed E-state index contributed by atoms with van der Waals surface area (Å²) in [6, 6.07) is 8.27. The van der Waals surface area contributed by atoms with E-state index in [0.29, 0.717) is 0 Å². The Bertz CT molecular complexity index is 1120. The molecule has 3 aromatic heterocycles. The summed E-state index contributed by atoms with van der Waals surface area (Å²) in [5.41, 5.74) is 4.21. The average molecular weight is 410 g/mol. The summed E-state index contributed by atoms with van der Waals surface area (Å²) in [6.45, 7) is 5.51. The van der Waals surface area contributed by atoms with Crippen LogP contribution in [0.25, 0.3) is 22.3 Å². The van der Waals surface area contributed by atoms with Gasteiger partial charge in [-0.3, -0.25) is 4.57 Å². The Morgan fingerprint density at radius 3 is 2.93 bits per heavy atom. The predicted molar refractivity (Wildman–Crippen MR) is 112 cm³/mol. The van der Waals surface area contributed by atoms with Crippen LogP contribution in [0, 0.1) is 13.8 Å². The second kappa shape index (κ2) is 7.68. The van der Waals surface area contributed by atoms with Gasteiger partial charge in [0, 0.05) is 40.6 Å². The van der Waals surface area contributed by atoms with Crippen molar-refractivity contribution in [3.63, 3.8) is 0 Å². The molecule has 1 aliphatic heterocycles. The first-order valence-corrected chi connectivity index (χ1v) is 10.8. The number of para-hydroxylation sites is 1. The van der Waals surface area contributed by atoms with E-state index in [4.69, 9.17) is 9.26 Å². The zero-order valence-corrected chi connectivity index (χ0v) is 17.3. The highest BCUT2D eigenvalue weighted by Crippen LogP contribution is 2.32. The Labute approximate surface area is 172 Å². The lowest BCUT2D eigenvalue weighted by atomic mass is 10.1. The molecule has 0 aliphatic carbocycles. The van der Waals surface area contributed by atoms with E-state index in [-0.39, 0.29) is 6.10 Å². The molecule has 1 atom stereocenters. The standard InChI is InChI=1S/C21H23N5O2S/c1-13-18(14(2)28-25-13)12-29-21-24-23-20(26(21)11-15-6-5-9-27-15)17-10-22-19-8-4-3-7-16(17)19/h3-4,7-8,10,15,22H,5-6,9,11-12H2,1-2H3. The van der Waals surface area contributed by atoms with E-state index < -0.39 is 0 Å². The molecule has 0 spiro atoms. The molecule has 1 N–H and O–H groups in total. The first-order valence-electron chi connectivity index (χ1n) is 9.86. The fourth-order valence-corrected chi connectivity index (χ4v) is 4.95. The smallest absolute Gasteiger partial charge is 0.191 e. The van der Waals surface area contributed by atoms with Gasteiger partial charge in [0.1, 0.15) is 5.76 Å². The fourth-order valence-electron chi connectivity index (χ4n) is 3.85. The largest absolute Gasteiger partial charge is 0.376 e. The van der Waals surface area contributed by atoms with E-state index in [9.17, 15) is 0 Å². The van der Waals surface area contributed by atoms with Gasteiger partial charge in [-0.1, -0.05) is 35.1 Å². The minimum absolute atomic E-state index is 0.202. The molecule has 150 valence electrons. The number of nitrogens with one attached hydrogen (secondary N) is 1. The second-order valence-electron chi connectivity index (χ2n) is 7.39. The molecule has 4 heterocycles. The van der Waals surface area contributed by atoms with E-state index in [1.165, 1.54) is 0 Å². The quantitative estimate of drug-likeness (QED) is 0.472. The highest BCUT2D eigenvalue weighted by Gasteiger charge is 2.23. The van der Waals surface area contributed by atoms with E-state index in [1.54, 1.807) is 11.8 Å². The van der Waals surface area contributed by atoms with Crippen LogP contribution in [0.2, 0.25) is 0 Å². The van der Waals surface area contributed by atoms with Gasteiger partial charge in [-0.15, -0.1) is 10.2 Å². The van der Waals surface area contributed by atoms with Crippen molar-refractivity contribution in [2.45, 2.75) is 50.2 Å². The highest BCUT2D eigenvalue weighted by atomic mass is 32.2. The highest BCUT2D eigenvalue weighted by molar-refractivity contribution is 7.98. The van der Waals surface area contributed by atoms with Crippen LogP contribution in [0.15, 0.2) is 40.1 Å². The third kappa shape index (κ3) is 3.47. The molecular weight excluding hydrogens is 386 g/mol. The predicted octanol–water partition coefficient (Wildman–Crippen LogP) is 4.50. The van der Waals surface area contributed by atoms with Gasteiger partial charge >= 0.3 is 0 Å². The zero-order valence-electron chi connectivity index (χ0n) is 16.5. The number of hydrogen-bond donors (Lipinski definition) is 1. The summed E-state index contributed by atoms with van der Waals surface area (Å²) in [4.78, 5) is 3.35.